The fourth-order valence-corrected chi connectivity index (χ4v) is 5.36. The first-order chi connectivity index (χ1) is 14.5. The van der Waals surface area contributed by atoms with Gasteiger partial charge in [-0.25, -0.2) is 4.39 Å². The zero-order valence-electron chi connectivity index (χ0n) is 17.0. The number of nitrogens with one attached hydrogen (secondary N) is 1. The monoisotopic (exact) mass is 433 g/mol. The molecule has 2 heterocycles. The van der Waals surface area contributed by atoms with Crippen LogP contribution in [0, 0.1) is 11.7 Å². The van der Waals surface area contributed by atoms with Gasteiger partial charge < -0.3 is 9.64 Å². The standard InChI is InChI=1S/C22H28FN3O3S/c23-20-5-7-21(8-6-20)29-17-18-9-13-25(14-10-18)16-12-24-30(27,28)26-15-11-19-3-1-2-4-22(19)26/h1-8,18,24H,9-17H2. The van der Waals surface area contributed by atoms with E-state index in [-0.39, 0.29) is 5.82 Å². The lowest BCUT2D eigenvalue weighted by Crippen LogP contribution is -2.44. The van der Waals surface area contributed by atoms with Crippen LogP contribution in [0.15, 0.2) is 48.5 Å². The summed E-state index contributed by atoms with van der Waals surface area (Å²) in [5.41, 5.74) is 1.86. The van der Waals surface area contributed by atoms with E-state index >= 15 is 0 Å². The molecular formula is C22H28FN3O3S. The van der Waals surface area contributed by atoms with Crippen LogP contribution in [0.5, 0.6) is 5.75 Å². The number of hydrogen-bond donors (Lipinski definition) is 1. The van der Waals surface area contributed by atoms with Crippen LogP contribution < -0.4 is 13.8 Å². The van der Waals surface area contributed by atoms with Gasteiger partial charge in [0.2, 0.25) is 0 Å². The van der Waals surface area contributed by atoms with Crippen LogP contribution in [0.3, 0.4) is 0 Å². The molecule has 162 valence electrons. The average Bonchev–Trinajstić information content (AvgIpc) is 3.19. The van der Waals surface area contributed by atoms with Crippen molar-refractivity contribution in [2.75, 3.05) is 43.6 Å². The van der Waals surface area contributed by atoms with E-state index in [1.807, 2.05) is 24.3 Å². The number of anilines is 1. The maximum Gasteiger partial charge on any atom is 0.301 e. The van der Waals surface area contributed by atoms with Crippen LogP contribution in [-0.2, 0) is 16.6 Å². The summed E-state index contributed by atoms with van der Waals surface area (Å²) in [5.74, 6) is 0.890. The lowest BCUT2D eigenvalue weighted by atomic mass is 9.98. The first-order valence-corrected chi connectivity index (χ1v) is 11.9. The van der Waals surface area contributed by atoms with Crippen molar-refractivity contribution in [3.8, 4) is 5.75 Å². The van der Waals surface area contributed by atoms with Crippen molar-refractivity contribution in [2.24, 2.45) is 5.92 Å². The van der Waals surface area contributed by atoms with Gasteiger partial charge in [0.1, 0.15) is 11.6 Å². The lowest BCUT2D eigenvalue weighted by molar-refractivity contribution is 0.143. The minimum absolute atomic E-state index is 0.264. The molecule has 2 aliphatic rings. The van der Waals surface area contributed by atoms with Crippen LogP contribution in [-0.4, -0.2) is 52.6 Å². The maximum absolute atomic E-state index is 12.9. The third-order valence-electron chi connectivity index (χ3n) is 5.85. The number of ether oxygens (including phenoxy) is 1. The molecule has 2 aromatic carbocycles. The van der Waals surface area contributed by atoms with E-state index in [4.69, 9.17) is 4.74 Å². The Morgan fingerprint density at radius 1 is 1.03 bits per heavy atom. The molecule has 0 aliphatic carbocycles. The van der Waals surface area contributed by atoms with Crippen molar-refractivity contribution in [2.45, 2.75) is 19.3 Å². The highest BCUT2D eigenvalue weighted by Gasteiger charge is 2.29. The molecule has 0 radical (unpaired) electrons. The van der Waals surface area contributed by atoms with E-state index in [1.165, 1.54) is 16.4 Å². The minimum atomic E-state index is -3.52. The molecule has 4 rings (SSSR count). The third kappa shape index (κ3) is 5.11. The highest BCUT2D eigenvalue weighted by atomic mass is 32.2. The van der Waals surface area contributed by atoms with Gasteiger partial charge in [0.25, 0.3) is 0 Å². The van der Waals surface area contributed by atoms with Crippen molar-refractivity contribution in [1.82, 2.24) is 9.62 Å². The Morgan fingerprint density at radius 2 is 1.77 bits per heavy atom. The fourth-order valence-electron chi connectivity index (χ4n) is 4.09. The van der Waals surface area contributed by atoms with Crippen molar-refractivity contribution in [3.63, 3.8) is 0 Å². The second-order valence-corrected chi connectivity index (χ2v) is 9.58. The summed E-state index contributed by atoms with van der Waals surface area (Å²) < 4.78 is 48.3. The molecule has 0 bridgehead atoms. The quantitative estimate of drug-likeness (QED) is 0.696. The molecule has 2 aromatic rings. The van der Waals surface area contributed by atoms with Gasteiger partial charge in [-0.05, 0) is 74.2 Å². The molecule has 0 spiro atoms. The Morgan fingerprint density at radius 3 is 2.53 bits per heavy atom. The van der Waals surface area contributed by atoms with Crippen LogP contribution in [0.25, 0.3) is 0 Å². The smallest absolute Gasteiger partial charge is 0.301 e. The van der Waals surface area contributed by atoms with Gasteiger partial charge in [-0.2, -0.15) is 13.1 Å². The zero-order chi connectivity index (χ0) is 21.0. The molecule has 0 amide bonds. The topological polar surface area (TPSA) is 61.9 Å². The van der Waals surface area contributed by atoms with E-state index in [0.717, 1.165) is 43.6 Å². The average molecular weight is 434 g/mol. The number of nitrogens with zero attached hydrogens (tertiary/aromatic N) is 2. The van der Waals surface area contributed by atoms with Crippen molar-refractivity contribution in [3.05, 3.63) is 59.9 Å². The van der Waals surface area contributed by atoms with Gasteiger partial charge in [0.05, 0.1) is 12.3 Å². The Hall–Kier alpha value is -2.16. The first kappa shape index (κ1) is 21.1. The summed E-state index contributed by atoms with van der Waals surface area (Å²) >= 11 is 0. The number of fused-ring (bicyclic) bond motifs is 1. The molecule has 6 nitrogen and oxygen atoms in total. The van der Waals surface area contributed by atoms with Gasteiger partial charge in [0, 0.05) is 19.6 Å². The molecule has 0 unspecified atom stereocenters. The predicted octanol–water partition coefficient (Wildman–Crippen LogP) is 2.81. The van der Waals surface area contributed by atoms with E-state index in [2.05, 4.69) is 9.62 Å². The van der Waals surface area contributed by atoms with E-state index in [1.54, 1.807) is 12.1 Å². The number of hydrogen-bond acceptors (Lipinski definition) is 4. The molecule has 1 fully saturated rings. The molecule has 0 atom stereocenters. The van der Waals surface area contributed by atoms with Crippen LogP contribution in [0.1, 0.15) is 18.4 Å². The zero-order valence-corrected chi connectivity index (χ0v) is 17.8. The molecule has 1 N–H and O–H groups in total. The SMILES string of the molecule is O=S(=O)(NCCN1CCC(COc2ccc(F)cc2)CC1)N1CCc2ccccc21. The van der Waals surface area contributed by atoms with Gasteiger partial charge in [-0.15, -0.1) is 0 Å². The Labute approximate surface area is 177 Å². The second-order valence-electron chi connectivity index (χ2n) is 7.90. The molecule has 0 saturated carbocycles. The largest absolute Gasteiger partial charge is 0.493 e. The van der Waals surface area contributed by atoms with E-state index < -0.39 is 10.2 Å². The summed E-state index contributed by atoms with van der Waals surface area (Å²) in [6.45, 7) is 4.06. The Balaban J connectivity index is 1.17. The van der Waals surface area contributed by atoms with Gasteiger partial charge in [-0.1, -0.05) is 18.2 Å². The highest BCUT2D eigenvalue weighted by molar-refractivity contribution is 7.90. The van der Waals surface area contributed by atoms with Crippen molar-refractivity contribution in [1.29, 1.82) is 0 Å². The van der Waals surface area contributed by atoms with Crippen LogP contribution in [0.2, 0.25) is 0 Å². The number of halogens is 1. The minimum Gasteiger partial charge on any atom is -0.493 e. The van der Waals surface area contributed by atoms with E-state index in [0.29, 0.717) is 37.9 Å². The predicted molar refractivity (Wildman–Crippen MR) is 115 cm³/mol. The molecule has 30 heavy (non-hydrogen) atoms. The Bertz CT molecular complexity index is 944. The van der Waals surface area contributed by atoms with Gasteiger partial charge in [-0.3, -0.25) is 4.31 Å². The highest BCUT2D eigenvalue weighted by Crippen LogP contribution is 2.29. The fraction of sp³-hybridized carbons (Fsp3) is 0.455. The van der Waals surface area contributed by atoms with Crippen molar-refractivity contribution >= 4 is 15.9 Å². The number of benzene rings is 2. The summed E-state index contributed by atoms with van der Waals surface area (Å²) in [7, 11) is -3.52. The second kappa shape index (κ2) is 9.32. The molecule has 0 aromatic heterocycles. The summed E-state index contributed by atoms with van der Waals surface area (Å²) in [4.78, 5) is 2.29. The van der Waals surface area contributed by atoms with Gasteiger partial charge in [0.15, 0.2) is 0 Å². The molecule has 1 saturated heterocycles. The summed E-state index contributed by atoms with van der Waals surface area (Å²) in [6.07, 6.45) is 2.77. The molecular weight excluding hydrogens is 405 g/mol. The number of piperidine rings is 1. The number of likely N-dealkylation sites (tertiary alicyclic amines) is 1. The summed E-state index contributed by atoms with van der Waals surface area (Å²) in [6, 6.07) is 13.8. The molecule has 8 heteroatoms. The lowest BCUT2D eigenvalue weighted by Gasteiger charge is -2.32. The Kier molecular flexibility index (Phi) is 6.55. The molecule has 2 aliphatic heterocycles. The summed E-state index contributed by atoms with van der Waals surface area (Å²) in [5, 5.41) is 0. The number of rotatable bonds is 8. The third-order valence-corrected chi connectivity index (χ3v) is 7.38. The van der Waals surface area contributed by atoms with Crippen LogP contribution in [0.4, 0.5) is 10.1 Å². The van der Waals surface area contributed by atoms with Crippen LogP contribution >= 0.6 is 0 Å². The van der Waals surface area contributed by atoms with Gasteiger partial charge >= 0.3 is 10.2 Å². The normalized spacial score (nSPS) is 17.8. The first-order valence-electron chi connectivity index (χ1n) is 10.5. The maximum atomic E-state index is 12.9. The number of para-hydroxylation sites is 1. The van der Waals surface area contributed by atoms with Crippen molar-refractivity contribution < 1.29 is 17.5 Å². The van der Waals surface area contributed by atoms with E-state index in [9.17, 15) is 12.8 Å².